The van der Waals surface area contributed by atoms with E-state index in [-0.39, 0.29) is 24.2 Å². The quantitative estimate of drug-likeness (QED) is 0.369. The van der Waals surface area contributed by atoms with Crippen molar-refractivity contribution in [2.75, 3.05) is 23.7 Å². The largest absolute Gasteiger partial charge is 0.492 e. The van der Waals surface area contributed by atoms with E-state index in [0.717, 1.165) is 10.6 Å². The van der Waals surface area contributed by atoms with Gasteiger partial charge in [0.1, 0.15) is 18.3 Å². The van der Waals surface area contributed by atoms with Gasteiger partial charge in [0.05, 0.1) is 18.6 Å². The van der Waals surface area contributed by atoms with Gasteiger partial charge in [0.15, 0.2) is 0 Å². The average molecular weight is 573 g/mol. The summed E-state index contributed by atoms with van der Waals surface area (Å²) >= 11 is 12.8. The molecule has 2 aromatic carbocycles. The normalized spacial score (nSPS) is 12.9. The first-order chi connectivity index (χ1) is 17.4. The third-order valence-corrected chi connectivity index (χ3v) is 7.72. The van der Waals surface area contributed by atoms with Gasteiger partial charge in [-0.2, -0.15) is 0 Å². The lowest BCUT2D eigenvalue weighted by Gasteiger charge is -2.34. The van der Waals surface area contributed by atoms with E-state index >= 15 is 0 Å². The van der Waals surface area contributed by atoms with E-state index in [1.54, 1.807) is 56.3 Å². The van der Waals surface area contributed by atoms with E-state index in [9.17, 15) is 18.0 Å². The molecule has 204 valence electrons. The minimum Gasteiger partial charge on any atom is -0.492 e. The molecule has 0 fully saturated rings. The number of hydrogen-bond acceptors (Lipinski definition) is 5. The summed E-state index contributed by atoms with van der Waals surface area (Å²) in [7, 11) is -3.90. The maximum absolute atomic E-state index is 13.8. The third-order valence-electron chi connectivity index (χ3n) is 5.89. The molecule has 11 heteroatoms. The van der Waals surface area contributed by atoms with Gasteiger partial charge in [0, 0.05) is 28.2 Å². The number of amides is 2. The van der Waals surface area contributed by atoms with E-state index in [1.807, 2.05) is 13.8 Å². The Morgan fingerprint density at radius 2 is 1.62 bits per heavy atom. The lowest BCUT2D eigenvalue weighted by atomic mass is 10.1. The first-order valence-electron chi connectivity index (χ1n) is 12.2. The fraction of sp³-hybridized carbons (Fsp3) is 0.462. The number of ether oxygens (including phenoxy) is 1. The van der Waals surface area contributed by atoms with E-state index in [0.29, 0.717) is 40.8 Å². The van der Waals surface area contributed by atoms with Crippen LogP contribution in [0.5, 0.6) is 5.75 Å². The molecule has 0 bridgehead atoms. The lowest BCUT2D eigenvalue weighted by Crippen LogP contribution is -2.53. The second-order valence-electron chi connectivity index (χ2n) is 8.63. The Kier molecular flexibility index (Phi) is 11.5. The van der Waals surface area contributed by atoms with Gasteiger partial charge in [-0.25, -0.2) is 8.42 Å². The van der Waals surface area contributed by atoms with Gasteiger partial charge >= 0.3 is 0 Å². The number of rotatable bonds is 13. The van der Waals surface area contributed by atoms with Crippen LogP contribution in [0, 0.1) is 0 Å². The number of para-hydroxylation sites is 2. The summed E-state index contributed by atoms with van der Waals surface area (Å²) in [6.07, 6.45) is 2.03. The van der Waals surface area contributed by atoms with Crippen molar-refractivity contribution in [3.8, 4) is 5.75 Å². The molecular formula is C26H35Cl2N3O5S. The highest BCUT2D eigenvalue weighted by Crippen LogP contribution is 2.31. The van der Waals surface area contributed by atoms with Crippen LogP contribution in [-0.2, 0) is 26.2 Å². The SMILES string of the molecule is CCOc1ccccc1N(CC(=O)N(Cc1c(Cl)cccc1Cl)[C@@H](CC)C(=O)N[C@H](C)CC)S(C)(=O)=O. The van der Waals surface area contributed by atoms with Gasteiger partial charge in [-0.3, -0.25) is 13.9 Å². The number of benzene rings is 2. The number of nitrogens with zero attached hydrogens (tertiary/aromatic N) is 2. The Hall–Kier alpha value is -2.49. The van der Waals surface area contributed by atoms with Crippen molar-refractivity contribution < 1.29 is 22.7 Å². The van der Waals surface area contributed by atoms with Crippen molar-refractivity contribution >= 4 is 50.7 Å². The number of anilines is 1. The summed E-state index contributed by atoms with van der Waals surface area (Å²) < 4.78 is 32.3. The Morgan fingerprint density at radius 1 is 1.00 bits per heavy atom. The molecule has 2 rings (SSSR count). The van der Waals surface area contributed by atoms with Gasteiger partial charge in [-0.15, -0.1) is 0 Å². The molecule has 37 heavy (non-hydrogen) atoms. The summed E-state index contributed by atoms with van der Waals surface area (Å²) in [5.74, 6) is -0.599. The minimum absolute atomic E-state index is 0.0749. The van der Waals surface area contributed by atoms with Crippen LogP contribution in [0.1, 0.15) is 46.1 Å². The van der Waals surface area contributed by atoms with E-state index in [2.05, 4.69) is 5.32 Å². The second kappa shape index (κ2) is 13.9. The summed E-state index contributed by atoms with van der Waals surface area (Å²) in [5.41, 5.74) is 0.697. The number of carbonyl (C=O) groups excluding carboxylic acids is 2. The monoisotopic (exact) mass is 571 g/mol. The Labute approximate surface area is 229 Å². The van der Waals surface area contributed by atoms with Crippen molar-refractivity contribution in [2.45, 2.75) is 59.2 Å². The van der Waals surface area contributed by atoms with Crippen LogP contribution >= 0.6 is 23.2 Å². The van der Waals surface area contributed by atoms with Crippen molar-refractivity contribution in [3.63, 3.8) is 0 Å². The van der Waals surface area contributed by atoms with Crippen LogP contribution in [0.15, 0.2) is 42.5 Å². The smallest absolute Gasteiger partial charge is 0.244 e. The number of halogens is 2. The molecule has 0 saturated heterocycles. The molecule has 0 saturated carbocycles. The summed E-state index contributed by atoms with van der Waals surface area (Å²) in [5, 5.41) is 3.60. The topological polar surface area (TPSA) is 96.0 Å². The van der Waals surface area contributed by atoms with Crippen molar-refractivity contribution in [1.29, 1.82) is 0 Å². The van der Waals surface area contributed by atoms with Crippen molar-refractivity contribution in [1.82, 2.24) is 10.2 Å². The zero-order valence-electron chi connectivity index (χ0n) is 21.8. The molecule has 1 N–H and O–H groups in total. The zero-order chi connectivity index (χ0) is 27.8. The van der Waals surface area contributed by atoms with Crippen molar-refractivity contribution in [3.05, 3.63) is 58.1 Å². The third kappa shape index (κ3) is 8.25. The van der Waals surface area contributed by atoms with Crippen molar-refractivity contribution in [2.24, 2.45) is 0 Å². The highest BCUT2D eigenvalue weighted by Gasteiger charge is 2.33. The van der Waals surface area contributed by atoms with E-state index in [4.69, 9.17) is 27.9 Å². The van der Waals surface area contributed by atoms with Crippen LogP contribution in [0.4, 0.5) is 5.69 Å². The Bertz CT molecular complexity index is 1170. The first kappa shape index (κ1) is 30.7. The molecule has 0 unspecified atom stereocenters. The van der Waals surface area contributed by atoms with Gasteiger partial charge in [0.2, 0.25) is 21.8 Å². The molecule has 2 aromatic rings. The summed E-state index contributed by atoms with van der Waals surface area (Å²) in [6.45, 7) is 7.08. The maximum atomic E-state index is 13.8. The average Bonchev–Trinajstić information content (AvgIpc) is 2.84. The molecule has 2 atom stereocenters. The number of hydrogen-bond donors (Lipinski definition) is 1. The molecule has 8 nitrogen and oxygen atoms in total. The van der Waals surface area contributed by atoms with Crippen LogP contribution in [0.3, 0.4) is 0 Å². The molecule has 0 aromatic heterocycles. The zero-order valence-corrected chi connectivity index (χ0v) is 24.2. The maximum Gasteiger partial charge on any atom is 0.244 e. The highest BCUT2D eigenvalue weighted by molar-refractivity contribution is 7.92. The molecule has 0 aliphatic heterocycles. The predicted molar refractivity (Wildman–Crippen MR) is 149 cm³/mol. The van der Waals surface area contributed by atoms with Gasteiger partial charge in [0.25, 0.3) is 0 Å². The summed E-state index contributed by atoms with van der Waals surface area (Å²) in [4.78, 5) is 28.4. The molecular weight excluding hydrogens is 537 g/mol. The van der Waals surface area contributed by atoms with E-state index < -0.39 is 28.5 Å². The van der Waals surface area contributed by atoms with Gasteiger partial charge in [-0.05, 0) is 51.0 Å². The molecule has 0 spiro atoms. The Morgan fingerprint density at radius 3 is 2.16 bits per heavy atom. The van der Waals surface area contributed by atoms with Gasteiger partial charge in [-0.1, -0.05) is 55.2 Å². The predicted octanol–water partition coefficient (Wildman–Crippen LogP) is 4.88. The van der Waals surface area contributed by atoms with Gasteiger partial charge < -0.3 is 15.0 Å². The van der Waals surface area contributed by atoms with Crippen LogP contribution < -0.4 is 14.4 Å². The highest BCUT2D eigenvalue weighted by atomic mass is 35.5. The summed E-state index contributed by atoms with van der Waals surface area (Å²) in [6, 6.07) is 10.6. The first-order valence-corrected chi connectivity index (χ1v) is 14.8. The molecule has 0 aliphatic carbocycles. The minimum atomic E-state index is -3.90. The Balaban J connectivity index is 2.55. The number of sulfonamides is 1. The second-order valence-corrected chi connectivity index (χ2v) is 11.4. The van der Waals surface area contributed by atoms with Crippen LogP contribution in [0.25, 0.3) is 0 Å². The fourth-order valence-electron chi connectivity index (χ4n) is 3.75. The molecule has 0 heterocycles. The number of carbonyl (C=O) groups is 2. The standard InChI is InChI=1S/C26H35Cl2N3O5S/c1-6-18(4)29-26(33)22(7-2)30(16-19-20(27)12-11-13-21(19)28)25(32)17-31(37(5,34)35)23-14-9-10-15-24(23)36-8-3/h9-15,18,22H,6-8,16-17H2,1-5H3,(H,29,33)/t18-,22+/m1/s1. The number of nitrogens with one attached hydrogen (secondary N) is 1. The van der Waals surface area contributed by atoms with E-state index in [1.165, 1.54) is 4.90 Å². The molecule has 0 aliphatic rings. The van der Waals surface area contributed by atoms with Crippen LogP contribution in [0.2, 0.25) is 10.0 Å². The molecule has 2 amide bonds. The lowest BCUT2D eigenvalue weighted by molar-refractivity contribution is -0.140. The molecule has 0 radical (unpaired) electrons. The van der Waals surface area contributed by atoms with Crippen LogP contribution in [-0.4, -0.2) is 56.6 Å². The fourth-order valence-corrected chi connectivity index (χ4v) is 5.12.